The van der Waals surface area contributed by atoms with E-state index in [9.17, 15) is 4.39 Å². The second kappa shape index (κ2) is 7.58. The van der Waals surface area contributed by atoms with Gasteiger partial charge in [-0.05, 0) is 25.5 Å². The fourth-order valence-electron chi connectivity index (χ4n) is 3.00. The van der Waals surface area contributed by atoms with Crippen LogP contribution in [0.15, 0.2) is 12.3 Å². The number of nitrogens with zero attached hydrogens (tertiary/aromatic N) is 2. The minimum absolute atomic E-state index is 0.254. The molecule has 1 heterocycles. The largest absolute Gasteiger partial charge is 0.356 e. The Morgan fingerprint density at radius 2 is 2.00 bits per heavy atom. The van der Waals surface area contributed by atoms with E-state index < -0.39 is 0 Å². The van der Waals surface area contributed by atoms with Gasteiger partial charge in [-0.25, -0.2) is 9.37 Å². The lowest BCUT2D eigenvalue weighted by Crippen LogP contribution is -2.33. The van der Waals surface area contributed by atoms with Crippen molar-refractivity contribution >= 4 is 5.82 Å². The lowest BCUT2D eigenvalue weighted by atomic mass is 10.1. The molecule has 1 aliphatic carbocycles. The number of rotatable bonds is 5. The Bertz CT molecular complexity index is 414. The molecule has 1 aliphatic rings. The maximum atomic E-state index is 13.4. The molecule has 3 nitrogen and oxygen atoms in total. The second-order valence-corrected chi connectivity index (χ2v) is 5.67. The molecule has 0 atom stereocenters. The summed E-state index contributed by atoms with van der Waals surface area (Å²) >= 11 is 0. The van der Waals surface area contributed by atoms with Crippen LogP contribution in [-0.4, -0.2) is 24.6 Å². The normalized spacial score (nSPS) is 16.9. The molecule has 0 spiro atoms. The highest BCUT2D eigenvalue weighted by atomic mass is 19.1. The Morgan fingerprint density at radius 3 is 2.65 bits per heavy atom. The molecule has 1 aromatic heterocycles. The SMILES string of the molecule is CCNCc1cc(F)cnc1N(C)C1CCCCCC1. The molecule has 1 fully saturated rings. The van der Waals surface area contributed by atoms with Gasteiger partial charge in [-0.15, -0.1) is 0 Å². The van der Waals surface area contributed by atoms with Gasteiger partial charge in [-0.3, -0.25) is 0 Å². The van der Waals surface area contributed by atoms with Gasteiger partial charge in [0, 0.05) is 25.2 Å². The topological polar surface area (TPSA) is 28.2 Å². The first-order valence-corrected chi connectivity index (χ1v) is 7.80. The van der Waals surface area contributed by atoms with Gasteiger partial charge >= 0.3 is 0 Å². The molecular formula is C16H26FN3. The van der Waals surface area contributed by atoms with Crippen LogP contribution in [0.2, 0.25) is 0 Å². The van der Waals surface area contributed by atoms with Crippen LogP contribution in [-0.2, 0) is 6.54 Å². The molecule has 0 saturated heterocycles. The quantitative estimate of drug-likeness (QED) is 0.836. The van der Waals surface area contributed by atoms with Gasteiger partial charge in [0.05, 0.1) is 6.20 Å². The zero-order chi connectivity index (χ0) is 14.4. The van der Waals surface area contributed by atoms with Crippen molar-refractivity contribution in [3.63, 3.8) is 0 Å². The Labute approximate surface area is 121 Å². The van der Waals surface area contributed by atoms with E-state index >= 15 is 0 Å². The number of halogens is 1. The third-order valence-corrected chi connectivity index (χ3v) is 4.18. The zero-order valence-electron chi connectivity index (χ0n) is 12.7. The predicted molar refractivity (Wildman–Crippen MR) is 81.5 cm³/mol. The first-order chi connectivity index (χ1) is 9.72. The molecule has 4 heteroatoms. The number of hydrogen-bond donors (Lipinski definition) is 1. The summed E-state index contributed by atoms with van der Waals surface area (Å²) in [6, 6.07) is 2.15. The van der Waals surface area contributed by atoms with Crippen molar-refractivity contribution in [2.24, 2.45) is 0 Å². The monoisotopic (exact) mass is 279 g/mol. The number of hydrogen-bond acceptors (Lipinski definition) is 3. The Morgan fingerprint density at radius 1 is 1.30 bits per heavy atom. The van der Waals surface area contributed by atoms with Crippen LogP contribution < -0.4 is 10.2 Å². The van der Waals surface area contributed by atoms with E-state index in [0.29, 0.717) is 12.6 Å². The van der Waals surface area contributed by atoms with Crippen LogP contribution in [0.4, 0.5) is 10.2 Å². The van der Waals surface area contributed by atoms with E-state index in [1.54, 1.807) is 6.07 Å². The van der Waals surface area contributed by atoms with Crippen molar-refractivity contribution < 1.29 is 4.39 Å². The highest BCUT2D eigenvalue weighted by Gasteiger charge is 2.20. The molecule has 1 N–H and O–H groups in total. The Kier molecular flexibility index (Phi) is 5.77. The number of nitrogens with one attached hydrogen (secondary N) is 1. The summed E-state index contributed by atoms with van der Waals surface area (Å²) in [5.41, 5.74) is 0.957. The van der Waals surface area contributed by atoms with Gasteiger partial charge in [0.15, 0.2) is 0 Å². The molecule has 0 unspecified atom stereocenters. The number of pyridine rings is 1. The maximum absolute atomic E-state index is 13.4. The molecule has 2 rings (SSSR count). The van der Waals surface area contributed by atoms with Crippen LogP contribution >= 0.6 is 0 Å². The fourth-order valence-corrected chi connectivity index (χ4v) is 3.00. The smallest absolute Gasteiger partial charge is 0.141 e. The summed E-state index contributed by atoms with van der Waals surface area (Å²) < 4.78 is 13.4. The van der Waals surface area contributed by atoms with Gasteiger partial charge in [-0.1, -0.05) is 32.6 Å². The summed E-state index contributed by atoms with van der Waals surface area (Å²) in [6.45, 7) is 3.61. The lowest BCUT2D eigenvalue weighted by molar-refractivity contribution is 0.543. The number of anilines is 1. The molecule has 0 aliphatic heterocycles. The maximum Gasteiger partial charge on any atom is 0.141 e. The Balaban J connectivity index is 2.16. The number of aromatic nitrogens is 1. The highest BCUT2D eigenvalue weighted by Crippen LogP contribution is 2.26. The third-order valence-electron chi connectivity index (χ3n) is 4.18. The average Bonchev–Trinajstić information content (AvgIpc) is 2.73. The lowest BCUT2D eigenvalue weighted by Gasteiger charge is -2.30. The van der Waals surface area contributed by atoms with Gasteiger partial charge in [0.1, 0.15) is 11.6 Å². The minimum Gasteiger partial charge on any atom is -0.356 e. The van der Waals surface area contributed by atoms with E-state index in [0.717, 1.165) is 17.9 Å². The van der Waals surface area contributed by atoms with Gasteiger partial charge in [0.25, 0.3) is 0 Å². The molecule has 0 amide bonds. The van der Waals surface area contributed by atoms with Crippen molar-refractivity contribution in [1.82, 2.24) is 10.3 Å². The van der Waals surface area contributed by atoms with Crippen LogP contribution in [0.25, 0.3) is 0 Å². The predicted octanol–water partition coefficient (Wildman–Crippen LogP) is 3.49. The molecular weight excluding hydrogens is 253 g/mol. The van der Waals surface area contributed by atoms with Crippen molar-refractivity contribution in [2.45, 2.75) is 58.0 Å². The van der Waals surface area contributed by atoms with E-state index in [1.807, 2.05) is 0 Å². The summed E-state index contributed by atoms with van der Waals surface area (Å²) in [7, 11) is 2.10. The van der Waals surface area contributed by atoms with Gasteiger partial charge < -0.3 is 10.2 Å². The van der Waals surface area contributed by atoms with E-state index in [4.69, 9.17) is 0 Å². The standard InChI is InChI=1S/C16H26FN3/c1-3-18-11-13-10-14(17)12-19-16(13)20(2)15-8-6-4-5-7-9-15/h10,12,15,18H,3-9,11H2,1-2H3. The molecule has 1 saturated carbocycles. The van der Waals surface area contributed by atoms with Crippen molar-refractivity contribution in [1.29, 1.82) is 0 Å². The highest BCUT2D eigenvalue weighted by molar-refractivity contribution is 5.47. The zero-order valence-corrected chi connectivity index (χ0v) is 12.7. The molecule has 0 radical (unpaired) electrons. The molecule has 112 valence electrons. The first-order valence-electron chi connectivity index (χ1n) is 7.80. The summed E-state index contributed by atoms with van der Waals surface area (Å²) in [4.78, 5) is 6.61. The van der Waals surface area contributed by atoms with Gasteiger partial charge in [-0.2, -0.15) is 0 Å². The summed E-state index contributed by atoms with van der Waals surface area (Å²) in [5, 5.41) is 3.27. The van der Waals surface area contributed by atoms with Crippen LogP contribution in [0, 0.1) is 5.82 Å². The third kappa shape index (κ3) is 3.92. The van der Waals surface area contributed by atoms with Crippen molar-refractivity contribution in [3.8, 4) is 0 Å². The molecule has 1 aromatic rings. The van der Waals surface area contributed by atoms with Crippen LogP contribution in [0.1, 0.15) is 51.0 Å². The summed E-state index contributed by atoms with van der Waals surface area (Å²) in [6.07, 6.45) is 9.03. The molecule has 20 heavy (non-hydrogen) atoms. The van der Waals surface area contributed by atoms with Crippen LogP contribution in [0.3, 0.4) is 0 Å². The van der Waals surface area contributed by atoms with Gasteiger partial charge in [0.2, 0.25) is 0 Å². The first kappa shape index (κ1) is 15.2. The van der Waals surface area contributed by atoms with E-state index in [-0.39, 0.29) is 5.82 Å². The van der Waals surface area contributed by atoms with Crippen LogP contribution in [0.5, 0.6) is 0 Å². The summed E-state index contributed by atoms with van der Waals surface area (Å²) in [5.74, 6) is 0.676. The Hall–Kier alpha value is -1.16. The average molecular weight is 279 g/mol. The fraction of sp³-hybridized carbons (Fsp3) is 0.688. The molecule has 0 aromatic carbocycles. The van der Waals surface area contributed by atoms with E-state index in [1.165, 1.54) is 44.7 Å². The minimum atomic E-state index is -0.254. The van der Waals surface area contributed by atoms with Crippen molar-refractivity contribution in [3.05, 3.63) is 23.6 Å². The van der Waals surface area contributed by atoms with E-state index in [2.05, 4.69) is 29.2 Å². The van der Waals surface area contributed by atoms with Crippen molar-refractivity contribution in [2.75, 3.05) is 18.5 Å². The molecule has 0 bridgehead atoms. The second-order valence-electron chi connectivity index (χ2n) is 5.67.